The number of hydrogen-bond acceptors (Lipinski definition) is 4. The molecule has 0 spiro atoms. The van der Waals surface area contributed by atoms with Crippen LogP contribution < -0.4 is 5.56 Å². The van der Waals surface area contributed by atoms with Crippen LogP contribution in [-0.2, 0) is 6.42 Å². The van der Waals surface area contributed by atoms with Crippen molar-refractivity contribution in [2.75, 3.05) is 0 Å². The van der Waals surface area contributed by atoms with Gasteiger partial charge in [0.1, 0.15) is 10.8 Å². The normalized spacial score (nSPS) is 11.2. The molecule has 0 saturated carbocycles. The summed E-state index contributed by atoms with van der Waals surface area (Å²) in [6, 6.07) is 22.1. The molecule has 0 radical (unpaired) electrons. The molecular weight excluding hydrogens is 449 g/mol. The maximum absolute atomic E-state index is 13.3. The van der Waals surface area contributed by atoms with Crippen molar-refractivity contribution in [3.8, 4) is 16.9 Å². The molecule has 3 aromatic carbocycles. The summed E-state index contributed by atoms with van der Waals surface area (Å²) in [6.45, 7) is 0. The van der Waals surface area contributed by atoms with Crippen LogP contribution in [0.25, 0.3) is 27.8 Å². The van der Waals surface area contributed by atoms with E-state index in [4.69, 9.17) is 33.2 Å². The van der Waals surface area contributed by atoms with Crippen molar-refractivity contribution < 1.29 is 0 Å². The van der Waals surface area contributed by atoms with E-state index in [0.29, 0.717) is 33.2 Å². The maximum Gasteiger partial charge on any atom is 0.265 e. The predicted molar refractivity (Wildman–Crippen MR) is 128 cm³/mol. The van der Waals surface area contributed by atoms with Gasteiger partial charge in [-0.25, -0.2) is 9.97 Å². The molecule has 2 heterocycles. The van der Waals surface area contributed by atoms with Gasteiger partial charge in [0.2, 0.25) is 0 Å². The quantitative estimate of drug-likeness (QED) is 0.309. The van der Waals surface area contributed by atoms with Gasteiger partial charge in [0, 0.05) is 21.0 Å². The lowest BCUT2D eigenvalue weighted by Gasteiger charge is -2.13. The van der Waals surface area contributed by atoms with Crippen molar-refractivity contribution in [2.45, 2.75) is 6.42 Å². The third-order valence-electron chi connectivity index (χ3n) is 4.93. The number of nitrogens with zero attached hydrogens (tertiary/aromatic N) is 3. The first-order chi connectivity index (χ1) is 15.1. The summed E-state index contributed by atoms with van der Waals surface area (Å²) in [5.74, 6) is 0.628. The zero-order valence-electron chi connectivity index (χ0n) is 16.1. The van der Waals surface area contributed by atoms with E-state index in [1.165, 1.54) is 0 Å². The molecule has 7 heteroatoms. The molecule has 0 aliphatic heterocycles. The van der Waals surface area contributed by atoms with Crippen LogP contribution >= 0.6 is 34.5 Å². The van der Waals surface area contributed by atoms with Gasteiger partial charge >= 0.3 is 0 Å². The van der Waals surface area contributed by atoms with Crippen molar-refractivity contribution in [3.63, 3.8) is 0 Å². The SMILES string of the molecule is O=c1c2ccccc2nc(Cc2nc(-c3ccc(Cl)cc3)cs2)n1-c1ccc(Cl)cc1. The van der Waals surface area contributed by atoms with E-state index in [1.54, 1.807) is 34.1 Å². The minimum absolute atomic E-state index is 0.114. The number of benzene rings is 3. The van der Waals surface area contributed by atoms with Crippen molar-refractivity contribution in [3.05, 3.63) is 109 Å². The number of halogens is 2. The smallest absolute Gasteiger partial charge is 0.265 e. The van der Waals surface area contributed by atoms with E-state index >= 15 is 0 Å². The molecule has 0 saturated heterocycles. The second kappa shape index (κ2) is 8.27. The lowest BCUT2D eigenvalue weighted by atomic mass is 10.2. The van der Waals surface area contributed by atoms with Gasteiger partial charge in [0.05, 0.1) is 28.7 Å². The second-order valence-electron chi connectivity index (χ2n) is 6.97. The van der Waals surface area contributed by atoms with Crippen LogP contribution in [0, 0.1) is 0 Å². The van der Waals surface area contributed by atoms with Crippen molar-refractivity contribution >= 4 is 45.4 Å². The van der Waals surface area contributed by atoms with E-state index in [1.807, 2.05) is 60.0 Å². The van der Waals surface area contributed by atoms with Gasteiger partial charge in [-0.3, -0.25) is 9.36 Å². The summed E-state index contributed by atoms with van der Waals surface area (Å²) in [5.41, 5.74) is 3.14. The van der Waals surface area contributed by atoms with Gasteiger partial charge in [-0.15, -0.1) is 11.3 Å². The van der Waals surface area contributed by atoms with Crippen LogP contribution in [0.15, 0.2) is 83.0 Å². The molecular formula is C24H15Cl2N3OS. The third kappa shape index (κ3) is 4.00. The van der Waals surface area contributed by atoms with Crippen LogP contribution in [0.5, 0.6) is 0 Å². The Bertz CT molecular complexity index is 1440. The Morgan fingerprint density at radius 2 is 1.52 bits per heavy atom. The lowest BCUT2D eigenvalue weighted by Crippen LogP contribution is -2.24. The Morgan fingerprint density at radius 1 is 0.839 bits per heavy atom. The Morgan fingerprint density at radius 3 is 2.26 bits per heavy atom. The average molecular weight is 464 g/mol. The van der Waals surface area contributed by atoms with Gasteiger partial charge < -0.3 is 0 Å². The number of para-hydroxylation sites is 1. The number of fused-ring (bicyclic) bond motifs is 1. The predicted octanol–water partition coefficient (Wildman–Crippen LogP) is 6.41. The second-order valence-corrected chi connectivity index (χ2v) is 8.79. The Kier molecular flexibility index (Phi) is 5.32. The van der Waals surface area contributed by atoms with Gasteiger partial charge in [0.15, 0.2) is 0 Å². The van der Waals surface area contributed by atoms with E-state index in [-0.39, 0.29) is 5.56 Å². The van der Waals surface area contributed by atoms with Gasteiger partial charge in [-0.2, -0.15) is 0 Å². The number of hydrogen-bond donors (Lipinski definition) is 0. The molecule has 2 aromatic heterocycles. The van der Waals surface area contributed by atoms with E-state index in [9.17, 15) is 4.79 Å². The first kappa shape index (κ1) is 19.9. The summed E-state index contributed by atoms with van der Waals surface area (Å²) in [6.07, 6.45) is 0.432. The van der Waals surface area contributed by atoms with E-state index in [0.717, 1.165) is 22.0 Å². The highest BCUT2D eigenvalue weighted by Crippen LogP contribution is 2.25. The maximum atomic E-state index is 13.3. The molecule has 0 fully saturated rings. The molecule has 0 atom stereocenters. The highest BCUT2D eigenvalue weighted by molar-refractivity contribution is 7.10. The van der Waals surface area contributed by atoms with Crippen LogP contribution in [0.1, 0.15) is 10.8 Å². The first-order valence-corrected chi connectivity index (χ1v) is 11.2. The van der Waals surface area contributed by atoms with Gasteiger partial charge in [-0.1, -0.05) is 47.5 Å². The Labute approximate surface area is 192 Å². The zero-order valence-corrected chi connectivity index (χ0v) is 18.5. The summed E-state index contributed by atoms with van der Waals surface area (Å²) < 4.78 is 1.64. The molecule has 0 amide bonds. The van der Waals surface area contributed by atoms with Crippen molar-refractivity contribution in [2.24, 2.45) is 0 Å². The minimum atomic E-state index is -0.114. The molecule has 0 aliphatic carbocycles. The molecule has 5 aromatic rings. The Hall–Kier alpha value is -2.99. The fourth-order valence-corrected chi connectivity index (χ4v) is 4.49. The highest BCUT2D eigenvalue weighted by atomic mass is 35.5. The third-order valence-corrected chi connectivity index (χ3v) is 6.28. The number of thiazole rings is 1. The summed E-state index contributed by atoms with van der Waals surface area (Å²) in [7, 11) is 0. The van der Waals surface area contributed by atoms with E-state index in [2.05, 4.69) is 0 Å². The molecule has 5 rings (SSSR count). The summed E-state index contributed by atoms with van der Waals surface area (Å²) in [5, 5.41) is 4.74. The van der Waals surface area contributed by atoms with Crippen LogP contribution in [-0.4, -0.2) is 14.5 Å². The molecule has 0 bridgehead atoms. The number of aromatic nitrogens is 3. The molecule has 152 valence electrons. The molecule has 4 nitrogen and oxygen atoms in total. The largest absolute Gasteiger partial charge is 0.268 e. The zero-order chi connectivity index (χ0) is 21.4. The topological polar surface area (TPSA) is 47.8 Å². The fraction of sp³-hybridized carbons (Fsp3) is 0.0417. The average Bonchev–Trinajstić information content (AvgIpc) is 3.24. The minimum Gasteiger partial charge on any atom is -0.268 e. The van der Waals surface area contributed by atoms with Crippen LogP contribution in [0.4, 0.5) is 0 Å². The molecule has 0 N–H and O–H groups in total. The Balaban J connectivity index is 1.61. The molecule has 0 aliphatic rings. The first-order valence-electron chi connectivity index (χ1n) is 9.55. The van der Waals surface area contributed by atoms with Gasteiger partial charge in [-0.05, 0) is 48.5 Å². The van der Waals surface area contributed by atoms with E-state index < -0.39 is 0 Å². The summed E-state index contributed by atoms with van der Waals surface area (Å²) in [4.78, 5) is 22.9. The monoisotopic (exact) mass is 463 g/mol. The van der Waals surface area contributed by atoms with Crippen molar-refractivity contribution in [1.29, 1.82) is 0 Å². The standard InChI is InChI=1S/C24H15Cl2N3OS/c25-16-7-5-15(6-8-16)21-14-31-23(28-21)13-22-27-20-4-2-1-3-19(20)24(30)29(22)18-11-9-17(26)10-12-18/h1-12,14H,13H2. The highest BCUT2D eigenvalue weighted by Gasteiger charge is 2.15. The van der Waals surface area contributed by atoms with Crippen LogP contribution in [0.2, 0.25) is 10.0 Å². The molecule has 0 unspecified atom stereocenters. The molecule has 31 heavy (non-hydrogen) atoms. The summed E-state index contributed by atoms with van der Waals surface area (Å²) >= 11 is 13.6. The number of rotatable bonds is 4. The van der Waals surface area contributed by atoms with Crippen LogP contribution in [0.3, 0.4) is 0 Å². The fourth-order valence-electron chi connectivity index (χ4n) is 3.43. The van der Waals surface area contributed by atoms with Crippen molar-refractivity contribution in [1.82, 2.24) is 14.5 Å². The van der Waals surface area contributed by atoms with Gasteiger partial charge in [0.25, 0.3) is 5.56 Å². The lowest BCUT2D eigenvalue weighted by molar-refractivity contribution is 0.846.